The Kier molecular flexibility index (Phi) is 3.51. The van der Waals surface area contributed by atoms with Gasteiger partial charge in [-0.1, -0.05) is 12.2 Å². The standard InChI is InChI=1S/C11H15NO2/c1-3-12-7-5-4-6-9(2)10(12)8-11(13)14/h4-7H,3,8H2,1-2H3,(H,13,14). The summed E-state index contributed by atoms with van der Waals surface area (Å²) in [6.45, 7) is 4.73. The average Bonchev–Trinajstić information content (AvgIpc) is 2.29. The van der Waals surface area contributed by atoms with Crippen LogP contribution < -0.4 is 0 Å². The Bertz CT molecular complexity index is 313. The smallest absolute Gasteiger partial charge is 0.309 e. The molecular formula is C11H15NO2. The van der Waals surface area contributed by atoms with E-state index in [0.29, 0.717) is 0 Å². The van der Waals surface area contributed by atoms with Crippen molar-refractivity contribution in [2.75, 3.05) is 6.54 Å². The number of aliphatic carboxylic acids is 1. The van der Waals surface area contributed by atoms with E-state index >= 15 is 0 Å². The highest BCUT2D eigenvalue weighted by atomic mass is 16.4. The van der Waals surface area contributed by atoms with Crippen molar-refractivity contribution in [2.24, 2.45) is 0 Å². The first-order valence-corrected chi connectivity index (χ1v) is 4.68. The Morgan fingerprint density at radius 3 is 2.79 bits per heavy atom. The Morgan fingerprint density at radius 2 is 2.21 bits per heavy atom. The lowest BCUT2D eigenvalue weighted by Gasteiger charge is -2.21. The van der Waals surface area contributed by atoms with E-state index < -0.39 is 5.97 Å². The van der Waals surface area contributed by atoms with E-state index in [1.165, 1.54) is 0 Å². The van der Waals surface area contributed by atoms with E-state index in [-0.39, 0.29) is 6.42 Å². The number of allylic oxidation sites excluding steroid dienone is 4. The summed E-state index contributed by atoms with van der Waals surface area (Å²) < 4.78 is 0. The van der Waals surface area contributed by atoms with Crippen molar-refractivity contribution in [1.29, 1.82) is 0 Å². The number of carboxylic acid groups (broad SMARTS) is 1. The quantitative estimate of drug-likeness (QED) is 0.746. The molecule has 1 aliphatic heterocycles. The van der Waals surface area contributed by atoms with E-state index in [4.69, 9.17) is 5.11 Å². The Morgan fingerprint density at radius 1 is 1.50 bits per heavy atom. The molecule has 1 aliphatic rings. The predicted molar refractivity (Wildman–Crippen MR) is 55.6 cm³/mol. The van der Waals surface area contributed by atoms with Gasteiger partial charge in [-0.2, -0.15) is 0 Å². The van der Waals surface area contributed by atoms with E-state index in [0.717, 1.165) is 17.8 Å². The number of hydrogen-bond acceptors (Lipinski definition) is 2. The van der Waals surface area contributed by atoms with Crippen LogP contribution in [0.15, 0.2) is 35.7 Å². The summed E-state index contributed by atoms with van der Waals surface area (Å²) in [4.78, 5) is 12.6. The number of hydrogen-bond donors (Lipinski definition) is 1. The van der Waals surface area contributed by atoms with Crippen LogP contribution in [0.25, 0.3) is 0 Å². The maximum atomic E-state index is 10.7. The third-order valence-electron chi connectivity index (χ3n) is 2.18. The number of carboxylic acids is 1. The molecule has 0 aromatic carbocycles. The summed E-state index contributed by atoms with van der Waals surface area (Å²) in [5.74, 6) is -0.790. The minimum absolute atomic E-state index is 0.0777. The van der Waals surface area contributed by atoms with Crippen LogP contribution >= 0.6 is 0 Å². The van der Waals surface area contributed by atoms with Crippen LogP contribution in [-0.2, 0) is 4.79 Å². The zero-order chi connectivity index (χ0) is 10.6. The first kappa shape index (κ1) is 10.6. The second-order valence-corrected chi connectivity index (χ2v) is 3.19. The number of carbonyl (C=O) groups is 1. The molecule has 3 nitrogen and oxygen atoms in total. The molecule has 0 aliphatic carbocycles. The van der Waals surface area contributed by atoms with Crippen molar-refractivity contribution in [3.63, 3.8) is 0 Å². The fourth-order valence-corrected chi connectivity index (χ4v) is 1.45. The molecule has 0 spiro atoms. The molecule has 1 rings (SSSR count). The summed E-state index contributed by atoms with van der Waals surface area (Å²) in [7, 11) is 0. The van der Waals surface area contributed by atoms with Gasteiger partial charge < -0.3 is 10.0 Å². The highest BCUT2D eigenvalue weighted by Gasteiger charge is 2.12. The minimum atomic E-state index is -0.790. The van der Waals surface area contributed by atoms with Crippen molar-refractivity contribution < 1.29 is 9.90 Å². The maximum Gasteiger partial charge on any atom is 0.309 e. The topological polar surface area (TPSA) is 40.5 Å². The van der Waals surface area contributed by atoms with Crippen molar-refractivity contribution in [2.45, 2.75) is 20.3 Å². The summed E-state index contributed by atoms with van der Waals surface area (Å²) >= 11 is 0. The zero-order valence-corrected chi connectivity index (χ0v) is 8.53. The number of rotatable bonds is 3. The second-order valence-electron chi connectivity index (χ2n) is 3.19. The molecule has 14 heavy (non-hydrogen) atoms. The van der Waals surface area contributed by atoms with Gasteiger partial charge in [-0.05, 0) is 25.5 Å². The van der Waals surface area contributed by atoms with Crippen LogP contribution in [0.4, 0.5) is 0 Å². The maximum absolute atomic E-state index is 10.7. The summed E-state index contributed by atoms with van der Waals surface area (Å²) in [6.07, 6.45) is 7.76. The molecular weight excluding hydrogens is 178 g/mol. The van der Waals surface area contributed by atoms with Crippen molar-refractivity contribution >= 4 is 5.97 Å². The van der Waals surface area contributed by atoms with Crippen molar-refractivity contribution in [3.8, 4) is 0 Å². The van der Waals surface area contributed by atoms with Gasteiger partial charge in [0.05, 0.1) is 6.42 Å². The van der Waals surface area contributed by atoms with Gasteiger partial charge in [-0.25, -0.2) is 0 Å². The van der Waals surface area contributed by atoms with Crippen LogP contribution in [-0.4, -0.2) is 22.5 Å². The molecule has 0 amide bonds. The van der Waals surface area contributed by atoms with E-state index in [9.17, 15) is 4.79 Å². The molecule has 76 valence electrons. The fraction of sp³-hybridized carbons (Fsp3) is 0.364. The SMILES string of the molecule is CCN1C=CC=CC(C)=C1CC(=O)O. The lowest BCUT2D eigenvalue weighted by molar-refractivity contribution is -0.136. The lowest BCUT2D eigenvalue weighted by Crippen LogP contribution is -2.19. The van der Waals surface area contributed by atoms with Gasteiger partial charge in [0.15, 0.2) is 0 Å². The highest BCUT2D eigenvalue weighted by molar-refractivity contribution is 5.70. The fourth-order valence-electron chi connectivity index (χ4n) is 1.45. The largest absolute Gasteiger partial charge is 0.481 e. The van der Waals surface area contributed by atoms with Gasteiger partial charge in [0.2, 0.25) is 0 Å². The van der Waals surface area contributed by atoms with Crippen LogP contribution in [0.2, 0.25) is 0 Å². The van der Waals surface area contributed by atoms with Gasteiger partial charge in [-0.15, -0.1) is 0 Å². The molecule has 0 saturated carbocycles. The highest BCUT2D eigenvalue weighted by Crippen LogP contribution is 2.18. The van der Waals surface area contributed by atoms with Crippen molar-refractivity contribution in [1.82, 2.24) is 4.90 Å². The van der Waals surface area contributed by atoms with E-state index in [1.54, 1.807) is 0 Å². The van der Waals surface area contributed by atoms with Gasteiger partial charge in [0, 0.05) is 18.4 Å². The van der Waals surface area contributed by atoms with Gasteiger partial charge in [0.25, 0.3) is 0 Å². The zero-order valence-electron chi connectivity index (χ0n) is 8.53. The lowest BCUT2D eigenvalue weighted by atomic mass is 10.1. The molecule has 0 bridgehead atoms. The molecule has 0 saturated heterocycles. The molecule has 0 radical (unpaired) electrons. The van der Waals surface area contributed by atoms with Gasteiger partial charge >= 0.3 is 5.97 Å². The normalized spacial score (nSPS) is 16.0. The molecule has 3 heteroatoms. The summed E-state index contributed by atoms with van der Waals surface area (Å²) in [5.41, 5.74) is 1.88. The summed E-state index contributed by atoms with van der Waals surface area (Å²) in [5, 5.41) is 8.78. The first-order valence-electron chi connectivity index (χ1n) is 4.68. The van der Waals surface area contributed by atoms with Crippen molar-refractivity contribution in [3.05, 3.63) is 35.7 Å². The second kappa shape index (κ2) is 4.65. The third kappa shape index (κ3) is 2.49. The third-order valence-corrected chi connectivity index (χ3v) is 2.18. The van der Waals surface area contributed by atoms with Crippen LogP contribution in [0.5, 0.6) is 0 Å². The number of nitrogens with zero attached hydrogens (tertiary/aromatic N) is 1. The van der Waals surface area contributed by atoms with E-state index in [2.05, 4.69) is 0 Å². The van der Waals surface area contributed by atoms with Gasteiger partial charge in [-0.3, -0.25) is 4.79 Å². The monoisotopic (exact) mass is 193 g/mol. The van der Waals surface area contributed by atoms with Crippen LogP contribution in [0.3, 0.4) is 0 Å². The molecule has 1 N–H and O–H groups in total. The average molecular weight is 193 g/mol. The molecule has 1 heterocycles. The molecule has 0 aromatic heterocycles. The molecule has 0 fully saturated rings. The van der Waals surface area contributed by atoms with Gasteiger partial charge in [0.1, 0.15) is 0 Å². The Balaban J connectivity index is 2.96. The first-order chi connectivity index (χ1) is 6.65. The molecule has 0 aromatic rings. The van der Waals surface area contributed by atoms with Crippen LogP contribution in [0, 0.1) is 0 Å². The Labute approximate surface area is 84.0 Å². The summed E-state index contributed by atoms with van der Waals surface area (Å²) in [6, 6.07) is 0. The van der Waals surface area contributed by atoms with E-state index in [1.807, 2.05) is 43.2 Å². The Hall–Kier alpha value is -1.51. The molecule has 0 unspecified atom stereocenters. The minimum Gasteiger partial charge on any atom is -0.481 e. The predicted octanol–water partition coefficient (Wildman–Crippen LogP) is 2.14. The van der Waals surface area contributed by atoms with Crippen LogP contribution in [0.1, 0.15) is 20.3 Å². The molecule has 0 atom stereocenters.